The number of thiazole rings is 1. The first-order valence-electron chi connectivity index (χ1n) is 6.58. The second-order valence-electron chi connectivity index (χ2n) is 6.12. The molecule has 2 nitrogen and oxygen atoms in total. The van der Waals surface area contributed by atoms with E-state index >= 15 is 0 Å². The van der Waals surface area contributed by atoms with Gasteiger partial charge in [0, 0.05) is 11.9 Å². The number of hydrogen-bond donors (Lipinski definition) is 0. The highest BCUT2D eigenvalue weighted by atomic mass is 35.5. The minimum atomic E-state index is 0.388. The Balaban J connectivity index is 2.15. The highest BCUT2D eigenvalue weighted by molar-refractivity contribution is 7.09. The van der Waals surface area contributed by atoms with Crippen LogP contribution >= 0.6 is 22.9 Å². The summed E-state index contributed by atoms with van der Waals surface area (Å²) >= 11 is 7.48. The Kier molecular flexibility index (Phi) is 6.61. The molecule has 4 heteroatoms. The molecule has 0 bridgehead atoms. The summed E-state index contributed by atoms with van der Waals surface area (Å²) in [4.78, 5) is 6.90. The van der Waals surface area contributed by atoms with Crippen LogP contribution in [0.2, 0.25) is 0 Å². The van der Waals surface area contributed by atoms with Crippen LogP contribution < -0.4 is 0 Å². The summed E-state index contributed by atoms with van der Waals surface area (Å²) in [6, 6.07) is 0. The fraction of sp³-hybridized carbons (Fsp3) is 0.786. The van der Waals surface area contributed by atoms with Crippen molar-refractivity contribution in [1.82, 2.24) is 9.88 Å². The lowest BCUT2D eigenvalue weighted by Gasteiger charge is -2.26. The van der Waals surface area contributed by atoms with Crippen LogP contribution in [0.5, 0.6) is 0 Å². The van der Waals surface area contributed by atoms with Crippen molar-refractivity contribution in [3.63, 3.8) is 0 Å². The number of aryl methyl sites for hydroxylation is 1. The zero-order valence-electron chi connectivity index (χ0n) is 12.0. The largest absolute Gasteiger partial charge is 0.306 e. The first-order valence-corrected chi connectivity index (χ1v) is 8.00. The predicted molar refractivity (Wildman–Crippen MR) is 81.6 cm³/mol. The molecule has 0 unspecified atom stereocenters. The molecule has 0 spiro atoms. The molecule has 0 amide bonds. The molecule has 1 aromatic heterocycles. The maximum absolute atomic E-state index is 5.74. The van der Waals surface area contributed by atoms with Crippen LogP contribution in [0, 0.1) is 5.41 Å². The minimum absolute atomic E-state index is 0.388. The third kappa shape index (κ3) is 6.72. The van der Waals surface area contributed by atoms with Crippen molar-refractivity contribution in [2.75, 3.05) is 20.1 Å². The fourth-order valence-corrected chi connectivity index (χ4v) is 3.14. The number of halogens is 1. The van der Waals surface area contributed by atoms with Gasteiger partial charge < -0.3 is 4.90 Å². The molecule has 104 valence electrons. The number of rotatable bonds is 7. The van der Waals surface area contributed by atoms with E-state index in [2.05, 4.69) is 43.1 Å². The van der Waals surface area contributed by atoms with Crippen molar-refractivity contribution < 1.29 is 0 Å². The van der Waals surface area contributed by atoms with E-state index in [1.54, 1.807) is 11.3 Å². The number of aromatic nitrogens is 1. The Hall–Kier alpha value is -0.120. The number of nitrogens with zero attached hydrogens (tertiary/aromatic N) is 2. The van der Waals surface area contributed by atoms with Crippen LogP contribution in [0.3, 0.4) is 0 Å². The van der Waals surface area contributed by atoms with Crippen molar-refractivity contribution in [2.45, 2.75) is 45.9 Å². The summed E-state index contributed by atoms with van der Waals surface area (Å²) in [6.07, 6.45) is 3.54. The van der Waals surface area contributed by atoms with Crippen molar-refractivity contribution in [1.29, 1.82) is 0 Å². The lowest BCUT2D eigenvalue weighted by molar-refractivity contribution is 0.224. The summed E-state index contributed by atoms with van der Waals surface area (Å²) in [6.45, 7) is 9.18. The lowest BCUT2D eigenvalue weighted by atomic mass is 9.96. The molecule has 18 heavy (non-hydrogen) atoms. The maximum atomic E-state index is 5.74. The Labute approximate surface area is 120 Å². The first kappa shape index (κ1) is 15.9. The van der Waals surface area contributed by atoms with Crippen LogP contribution in [-0.2, 0) is 12.3 Å². The highest BCUT2D eigenvalue weighted by Gasteiger charge is 2.12. The van der Waals surface area contributed by atoms with E-state index in [1.807, 2.05) is 0 Å². The summed E-state index contributed by atoms with van der Waals surface area (Å²) in [5.74, 6) is 0.533. The van der Waals surface area contributed by atoms with Gasteiger partial charge in [-0.05, 0) is 38.3 Å². The minimum Gasteiger partial charge on any atom is -0.306 e. The molecule has 0 aliphatic carbocycles. The van der Waals surface area contributed by atoms with Crippen LogP contribution in [0.4, 0.5) is 0 Å². The molecule has 0 saturated heterocycles. The van der Waals surface area contributed by atoms with E-state index in [0.717, 1.165) is 18.7 Å². The average molecular weight is 289 g/mol. The second kappa shape index (κ2) is 7.46. The van der Waals surface area contributed by atoms with E-state index in [0.29, 0.717) is 11.3 Å². The molecule has 0 fully saturated rings. The molecular formula is C14H25ClN2S. The molecule has 0 aliphatic rings. The van der Waals surface area contributed by atoms with Crippen molar-refractivity contribution in [3.8, 4) is 0 Å². The molecule has 0 aliphatic heterocycles. The Bertz CT molecular complexity index is 344. The van der Waals surface area contributed by atoms with Crippen LogP contribution in [-0.4, -0.2) is 30.0 Å². The molecular weight excluding hydrogens is 264 g/mol. The predicted octanol–water partition coefficient (Wildman–Crippen LogP) is 4.18. The third-order valence-electron chi connectivity index (χ3n) is 2.66. The summed E-state index contributed by atoms with van der Waals surface area (Å²) in [7, 11) is 2.21. The molecule has 1 aromatic rings. The standard InChI is InChI=1S/C14H25ClN2S/c1-14(2,3)11-17(4)8-6-5-7-13-16-12(9-15)10-18-13/h10H,5-9,11H2,1-4H3. The van der Waals surface area contributed by atoms with Gasteiger partial charge in [-0.3, -0.25) is 0 Å². The van der Waals surface area contributed by atoms with Gasteiger partial charge in [0.05, 0.1) is 16.6 Å². The normalized spacial score (nSPS) is 12.3. The van der Waals surface area contributed by atoms with Gasteiger partial charge in [0.2, 0.25) is 0 Å². The maximum Gasteiger partial charge on any atom is 0.0928 e. The van der Waals surface area contributed by atoms with Gasteiger partial charge in [-0.1, -0.05) is 20.8 Å². The van der Waals surface area contributed by atoms with E-state index < -0.39 is 0 Å². The average Bonchev–Trinajstić information content (AvgIpc) is 2.70. The van der Waals surface area contributed by atoms with E-state index in [9.17, 15) is 0 Å². The van der Waals surface area contributed by atoms with Crippen LogP contribution in [0.1, 0.15) is 44.3 Å². The van der Waals surface area contributed by atoms with Gasteiger partial charge in [0.25, 0.3) is 0 Å². The molecule has 0 radical (unpaired) electrons. The Morgan fingerprint density at radius 2 is 2.06 bits per heavy atom. The van der Waals surface area contributed by atoms with Crippen LogP contribution in [0.15, 0.2) is 5.38 Å². The van der Waals surface area contributed by atoms with E-state index in [1.165, 1.54) is 24.4 Å². The summed E-state index contributed by atoms with van der Waals surface area (Å²) in [5.41, 5.74) is 1.40. The van der Waals surface area contributed by atoms with Crippen molar-refractivity contribution in [3.05, 3.63) is 16.1 Å². The monoisotopic (exact) mass is 288 g/mol. The molecule has 1 heterocycles. The zero-order valence-corrected chi connectivity index (χ0v) is 13.6. The molecule has 0 N–H and O–H groups in total. The Morgan fingerprint density at radius 1 is 1.33 bits per heavy atom. The van der Waals surface area contributed by atoms with Gasteiger partial charge >= 0.3 is 0 Å². The summed E-state index contributed by atoms with van der Waals surface area (Å²) in [5, 5.41) is 3.29. The van der Waals surface area contributed by atoms with Gasteiger partial charge in [-0.2, -0.15) is 0 Å². The van der Waals surface area contributed by atoms with Gasteiger partial charge in [-0.25, -0.2) is 4.98 Å². The summed E-state index contributed by atoms with van der Waals surface area (Å²) < 4.78 is 0. The molecule has 0 saturated carbocycles. The number of alkyl halides is 1. The fourth-order valence-electron chi connectivity index (χ4n) is 2.07. The quantitative estimate of drug-likeness (QED) is 0.553. The lowest BCUT2D eigenvalue weighted by Crippen LogP contribution is -2.30. The SMILES string of the molecule is CN(CCCCc1nc(CCl)cs1)CC(C)(C)C. The third-order valence-corrected chi connectivity index (χ3v) is 3.89. The molecule has 1 rings (SSSR count). The second-order valence-corrected chi connectivity index (χ2v) is 7.33. The topological polar surface area (TPSA) is 16.1 Å². The number of unbranched alkanes of at least 4 members (excludes halogenated alkanes) is 1. The smallest absolute Gasteiger partial charge is 0.0928 e. The van der Waals surface area contributed by atoms with E-state index in [-0.39, 0.29) is 0 Å². The van der Waals surface area contributed by atoms with Gasteiger partial charge in [0.15, 0.2) is 0 Å². The zero-order chi connectivity index (χ0) is 13.6. The van der Waals surface area contributed by atoms with Crippen molar-refractivity contribution >= 4 is 22.9 Å². The molecule has 0 aromatic carbocycles. The highest BCUT2D eigenvalue weighted by Crippen LogP contribution is 2.16. The van der Waals surface area contributed by atoms with Crippen LogP contribution in [0.25, 0.3) is 0 Å². The van der Waals surface area contributed by atoms with E-state index in [4.69, 9.17) is 11.6 Å². The van der Waals surface area contributed by atoms with Gasteiger partial charge in [0.1, 0.15) is 0 Å². The molecule has 0 atom stereocenters. The Morgan fingerprint density at radius 3 is 2.61 bits per heavy atom. The first-order chi connectivity index (χ1) is 8.40. The number of hydrogen-bond acceptors (Lipinski definition) is 3. The van der Waals surface area contributed by atoms with Crippen molar-refractivity contribution in [2.24, 2.45) is 5.41 Å². The van der Waals surface area contributed by atoms with Gasteiger partial charge in [-0.15, -0.1) is 22.9 Å².